The molecule has 0 spiro atoms. The molecule has 1 aliphatic heterocycles. The standard InChI is InChI=1S/C20H30N2O5/c1-12-6-5-9-16(13(12)2)21-17(23)11-27-18(24)10-22-19(25)14-7-3-4-8-15(14)20(22)26/h12-16H,3-11H2,1-2H3,(H,21,23)/t12-,13-,14-,15+,16-/m1/s1. The molecule has 7 nitrogen and oxygen atoms in total. The average molecular weight is 378 g/mol. The van der Waals surface area contributed by atoms with E-state index in [0.717, 1.165) is 30.6 Å². The molecular formula is C20H30N2O5. The molecule has 7 heteroatoms. The van der Waals surface area contributed by atoms with Crippen molar-refractivity contribution >= 4 is 23.7 Å². The summed E-state index contributed by atoms with van der Waals surface area (Å²) >= 11 is 0. The van der Waals surface area contributed by atoms with Crippen molar-refractivity contribution in [3.8, 4) is 0 Å². The maximum Gasteiger partial charge on any atom is 0.326 e. The predicted molar refractivity (Wildman–Crippen MR) is 97.2 cm³/mol. The molecule has 1 N–H and O–H groups in total. The average Bonchev–Trinajstić information content (AvgIpc) is 2.89. The first-order valence-electron chi connectivity index (χ1n) is 10.2. The molecule has 0 radical (unpaired) electrons. The normalized spacial score (nSPS) is 33.6. The van der Waals surface area contributed by atoms with Crippen LogP contribution in [0.3, 0.4) is 0 Å². The summed E-state index contributed by atoms with van der Waals surface area (Å²) in [5, 5.41) is 2.94. The smallest absolute Gasteiger partial charge is 0.326 e. The van der Waals surface area contributed by atoms with Crippen LogP contribution in [0.5, 0.6) is 0 Å². The van der Waals surface area contributed by atoms with Crippen molar-refractivity contribution < 1.29 is 23.9 Å². The lowest BCUT2D eigenvalue weighted by Gasteiger charge is -2.34. The number of ether oxygens (including phenoxy) is 1. The van der Waals surface area contributed by atoms with Gasteiger partial charge in [-0.25, -0.2) is 0 Å². The van der Waals surface area contributed by atoms with Crippen LogP contribution in [0.2, 0.25) is 0 Å². The highest BCUT2D eigenvalue weighted by Crippen LogP contribution is 2.37. The van der Waals surface area contributed by atoms with E-state index in [9.17, 15) is 19.2 Å². The Labute approximate surface area is 160 Å². The number of rotatable bonds is 5. The summed E-state index contributed by atoms with van der Waals surface area (Å²) in [7, 11) is 0. The molecule has 1 heterocycles. The summed E-state index contributed by atoms with van der Waals surface area (Å²) in [6.45, 7) is 3.55. The van der Waals surface area contributed by atoms with Crippen LogP contribution >= 0.6 is 0 Å². The van der Waals surface area contributed by atoms with Gasteiger partial charge in [0, 0.05) is 6.04 Å². The first-order chi connectivity index (χ1) is 12.9. The van der Waals surface area contributed by atoms with Gasteiger partial charge in [0.25, 0.3) is 5.91 Å². The minimum atomic E-state index is -0.712. The number of fused-ring (bicyclic) bond motifs is 1. The minimum Gasteiger partial charge on any atom is -0.454 e. The van der Waals surface area contributed by atoms with E-state index in [1.54, 1.807) is 0 Å². The van der Waals surface area contributed by atoms with Crippen molar-refractivity contribution in [1.82, 2.24) is 10.2 Å². The van der Waals surface area contributed by atoms with E-state index in [-0.39, 0.29) is 42.2 Å². The lowest BCUT2D eigenvalue weighted by atomic mass is 9.78. The van der Waals surface area contributed by atoms with E-state index in [1.165, 1.54) is 6.42 Å². The quantitative estimate of drug-likeness (QED) is 0.580. The van der Waals surface area contributed by atoms with Crippen LogP contribution in [0, 0.1) is 23.7 Å². The highest BCUT2D eigenvalue weighted by molar-refractivity contribution is 6.07. The number of carbonyl (C=O) groups is 4. The van der Waals surface area contributed by atoms with Gasteiger partial charge in [-0.05, 0) is 31.1 Å². The molecule has 0 bridgehead atoms. The van der Waals surface area contributed by atoms with Crippen LogP contribution in [0.1, 0.15) is 58.8 Å². The molecule has 27 heavy (non-hydrogen) atoms. The number of likely N-dealkylation sites (tertiary alicyclic amines) is 1. The summed E-state index contributed by atoms with van der Waals surface area (Å²) in [4.78, 5) is 49.9. The molecule has 3 aliphatic rings. The molecule has 0 aromatic carbocycles. The molecule has 0 aromatic rings. The Kier molecular flexibility index (Phi) is 6.17. The van der Waals surface area contributed by atoms with Crippen molar-refractivity contribution in [3.05, 3.63) is 0 Å². The Morgan fingerprint density at radius 1 is 1.00 bits per heavy atom. The Bertz CT molecular complexity index is 595. The highest BCUT2D eigenvalue weighted by atomic mass is 16.5. The van der Waals surface area contributed by atoms with E-state index in [4.69, 9.17) is 4.74 Å². The van der Waals surface area contributed by atoms with Gasteiger partial charge in [0.1, 0.15) is 6.54 Å². The van der Waals surface area contributed by atoms with Crippen LogP contribution in [0.25, 0.3) is 0 Å². The molecule has 0 unspecified atom stereocenters. The van der Waals surface area contributed by atoms with Gasteiger partial charge in [-0.3, -0.25) is 24.1 Å². The van der Waals surface area contributed by atoms with Crippen molar-refractivity contribution in [1.29, 1.82) is 0 Å². The van der Waals surface area contributed by atoms with Gasteiger partial charge in [-0.2, -0.15) is 0 Å². The van der Waals surface area contributed by atoms with E-state index in [0.29, 0.717) is 24.7 Å². The Morgan fingerprint density at radius 2 is 1.63 bits per heavy atom. The van der Waals surface area contributed by atoms with Gasteiger partial charge >= 0.3 is 5.97 Å². The first-order valence-corrected chi connectivity index (χ1v) is 10.2. The number of carbonyl (C=O) groups excluding carboxylic acids is 4. The number of amides is 3. The molecule has 0 aromatic heterocycles. The fourth-order valence-electron chi connectivity index (χ4n) is 4.74. The van der Waals surface area contributed by atoms with Gasteiger partial charge in [0.15, 0.2) is 6.61 Å². The van der Waals surface area contributed by atoms with Gasteiger partial charge in [-0.1, -0.05) is 39.5 Å². The molecule has 5 atom stereocenters. The second-order valence-electron chi connectivity index (χ2n) is 8.36. The Balaban J connectivity index is 1.45. The van der Waals surface area contributed by atoms with E-state index in [2.05, 4.69) is 19.2 Å². The molecule has 3 rings (SSSR count). The van der Waals surface area contributed by atoms with Gasteiger partial charge in [0.2, 0.25) is 11.8 Å². The van der Waals surface area contributed by atoms with Crippen molar-refractivity contribution in [2.75, 3.05) is 13.2 Å². The Hall–Kier alpha value is -1.92. The zero-order valence-corrected chi connectivity index (χ0v) is 16.2. The monoisotopic (exact) mass is 378 g/mol. The number of esters is 1. The van der Waals surface area contributed by atoms with Crippen molar-refractivity contribution in [2.24, 2.45) is 23.7 Å². The fourth-order valence-corrected chi connectivity index (χ4v) is 4.74. The van der Waals surface area contributed by atoms with Crippen LogP contribution in [0.15, 0.2) is 0 Å². The van der Waals surface area contributed by atoms with Crippen LogP contribution < -0.4 is 5.32 Å². The van der Waals surface area contributed by atoms with E-state index < -0.39 is 12.5 Å². The molecule has 150 valence electrons. The predicted octanol–water partition coefficient (Wildman–Crippen LogP) is 1.65. The van der Waals surface area contributed by atoms with Crippen LogP contribution in [0.4, 0.5) is 0 Å². The third-order valence-corrected chi connectivity index (χ3v) is 6.64. The number of hydrogen-bond donors (Lipinski definition) is 1. The lowest BCUT2D eigenvalue weighted by molar-refractivity contribution is -0.155. The van der Waals surface area contributed by atoms with E-state index in [1.807, 2.05) is 0 Å². The second-order valence-corrected chi connectivity index (χ2v) is 8.36. The van der Waals surface area contributed by atoms with Crippen LogP contribution in [-0.4, -0.2) is 47.8 Å². The molecule has 2 saturated carbocycles. The largest absolute Gasteiger partial charge is 0.454 e. The number of nitrogens with one attached hydrogen (secondary N) is 1. The van der Waals surface area contributed by atoms with Gasteiger partial charge < -0.3 is 10.1 Å². The number of hydrogen-bond acceptors (Lipinski definition) is 5. The molecule has 3 fully saturated rings. The topological polar surface area (TPSA) is 92.8 Å². The van der Waals surface area contributed by atoms with E-state index >= 15 is 0 Å². The summed E-state index contributed by atoms with van der Waals surface area (Å²) in [5.74, 6) is -1.19. The lowest BCUT2D eigenvalue weighted by Crippen LogP contribution is -2.45. The summed E-state index contributed by atoms with van der Waals surface area (Å²) in [6.07, 6.45) is 6.49. The summed E-state index contributed by atoms with van der Waals surface area (Å²) in [6, 6.07) is 0.102. The zero-order chi connectivity index (χ0) is 19.6. The molecule has 3 amide bonds. The molecule has 2 aliphatic carbocycles. The zero-order valence-electron chi connectivity index (χ0n) is 16.2. The van der Waals surface area contributed by atoms with Crippen LogP contribution in [-0.2, 0) is 23.9 Å². The summed E-state index contributed by atoms with van der Waals surface area (Å²) < 4.78 is 5.02. The third kappa shape index (κ3) is 4.33. The minimum absolute atomic E-state index is 0.102. The van der Waals surface area contributed by atoms with Crippen molar-refractivity contribution in [2.45, 2.75) is 64.8 Å². The Morgan fingerprint density at radius 3 is 2.26 bits per heavy atom. The highest BCUT2D eigenvalue weighted by Gasteiger charge is 2.48. The maximum atomic E-state index is 12.4. The van der Waals surface area contributed by atoms with Gasteiger partial charge in [-0.15, -0.1) is 0 Å². The van der Waals surface area contributed by atoms with Crippen molar-refractivity contribution in [3.63, 3.8) is 0 Å². The fraction of sp³-hybridized carbons (Fsp3) is 0.800. The number of nitrogens with zero attached hydrogens (tertiary/aromatic N) is 1. The summed E-state index contributed by atoms with van der Waals surface area (Å²) in [5.41, 5.74) is 0. The third-order valence-electron chi connectivity index (χ3n) is 6.64. The number of imide groups is 1. The molecular weight excluding hydrogens is 348 g/mol. The first kappa shape index (κ1) is 19.8. The SMILES string of the molecule is C[C@@H]1[C@H](C)CCC[C@H]1NC(=O)COC(=O)CN1C(=O)[C@H]2CCCC[C@H]2C1=O. The molecule has 1 saturated heterocycles. The maximum absolute atomic E-state index is 12.4. The second kappa shape index (κ2) is 8.40. The van der Waals surface area contributed by atoms with Gasteiger partial charge in [0.05, 0.1) is 11.8 Å².